The third-order valence-electron chi connectivity index (χ3n) is 4.31. The largest absolute Gasteiger partial charge is 0.495 e. The first-order valence-electron chi connectivity index (χ1n) is 7.25. The average molecular weight is 297 g/mol. The molecule has 1 aliphatic heterocycles. The molecule has 1 saturated heterocycles. The number of hydrogen-bond donors (Lipinski definition) is 1. The van der Waals surface area contributed by atoms with Crippen molar-refractivity contribution in [3.8, 4) is 5.75 Å². The van der Waals surface area contributed by atoms with E-state index >= 15 is 0 Å². The van der Waals surface area contributed by atoms with E-state index in [-0.39, 0.29) is 0 Å². The summed E-state index contributed by atoms with van der Waals surface area (Å²) in [5, 5.41) is 0.691. The highest BCUT2D eigenvalue weighted by atomic mass is 35.5. The zero-order chi connectivity index (χ0) is 14.9. The summed E-state index contributed by atoms with van der Waals surface area (Å²) in [7, 11) is 3.83. The smallest absolute Gasteiger partial charge is 0.137 e. The zero-order valence-corrected chi connectivity index (χ0v) is 13.6. The van der Waals surface area contributed by atoms with Gasteiger partial charge in [-0.3, -0.25) is 4.90 Å². The lowest BCUT2D eigenvalue weighted by molar-refractivity contribution is 0.311. The highest BCUT2D eigenvalue weighted by Gasteiger charge is 2.32. The number of rotatable bonds is 4. The van der Waals surface area contributed by atoms with Crippen molar-refractivity contribution in [1.29, 1.82) is 0 Å². The second kappa shape index (κ2) is 6.33. The van der Waals surface area contributed by atoms with Gasteiger partial charge < -0.3 is 10.5 Å². The van der Waals surface area contributed by atoms with Gasteiger partial charge >= 0.3 is 0 Å². The maximum absolute atomic E-state index is 6.33. The number of halogens is 1. The Labute approximate surface area is 127 Å². The molecule has 2 atom stereocenters. The Morgan fingerprint density at radius 1 is 1.45 bits per heavy atom. The number of nitrogens with zero attached hydrogens (tertiary/aromatic N) is 1. The second-order valence-corrected chi connectivity index (χ2v) is 6.47. The fourth-order valence-corrected chi connectivity index (χ4v) is 3.42. The van der Waals surface area contributed by atoms with E-state index in [2.05, 4.69) is 37.9 Å². The summed E-state index contributed by atoms with van der Waals surface area (Å²) in [6.07, 6.45) is 1.11. The molecule has 0 amide bonds. The van der Waals surface area contributed by atoms with Crippen LogP contribution in [0.2, 0.25) is 5.02 Å². The molecule has 1 aromatic rings. The molecule has 0 saturated carbocycles. The van der Waals surface area contributed by atoms with Gasteiger partial charge in [-0.05, 0) is 55.1 Å². The fourth-order valence-electron chi connectivity index (χ4n) is 3.17. The molecule has 2 rings (SSSR count). The van der Waals surface area contributed by atoms with Crippen molar-refractivity contribution in [2.45, 2.75) is 32.2 Å². The third kappa shape index (κ3) is 2.95. The van der Waals surface area contributed by atoms with E-state index < -0.39 is 0 Å². The summed E-state index contributed by atoms with van der Waals surface area (Å²) in [6, 6.07) is 4.58. The molecular weight excluding hydrogens is 272 g/mol. The Morgan fingerprint density at radius 3 is 2.65 bits per heavy atom. The van der Waals surface area contributed by atoms with Crippen LogP contribution in [0.3, 0.4) is 0 Å². The van der Waals surface area contributed by atoms with Gasteiger partial charge in [-0.15, -0.1) is 0 Å². The molecule has 0 bridgehead atoms. The minimum atomic E-state index is 0.407. The van der Waals surface area contributed by atoms with Crippen molar-refractivity contribution in [1.82, 2.24) is 4.90 Å². The van der Waals surface area contributed by atoms with Gasteiger partial charge in [0.1, 0.15) is 5.75 Å². The Kier molecular flexibility index (Phi) is 4.95. The fraction of sp³-hybridized carbons (Fsp3) is 0.625. The monoisotopic (exact) mass is 296 g/mol. The predicted octanol–water partition coefficient (Wildman–Crippen LogP) is 3.42. The molecule has 1 aromatic carbocycles. The number of benzene rings is 1. The first-order valence-corrected chi connectivity index (χ1v) is 7.63. The summed E-state index contributed by atoms with van der Waals surface area (Å²) in [6.45, 7) is 6.23. The SMILES string of the molecule is COc1cc(C(C)C)c(C2CC(CN)CN2C)cc1Cl. The Morgan fingerprint density at radius 2 is 2.15 bits per heavy atom. The van der Waals surface area contributed by atoms with Gasteiger partial charge in [0.05, 0.1) is 12.1 Å². The molecule has 3 nitrogen and oxygen atoms in total. The molecule has 20 heavy (non-hydrogen) atoms. The lowest BCUT2D eigenvalue weighted by atomic mass is 9.90. The van der Waals surface area contributed by atoms with Gasteiger partial charge in [0.25, 0.3) is 0 Å². The first-order chi connectivity index (χ1) is 9.47. The molecule has 0 aromatic heterocycles. The highest BCUT2D eigenvalue weighted by molar-refractivity contribution is 6.32. The lowest BCUT2D eigenvalue weighted by Crippen LogP contribution is -2.21. The number of methoxy groups -OCH3 is 1. The molecule has 2 unspecified atom stereocenters. The van der Waals surface area contributed by atoms with Crippen LogP contribution in [0.4, 0.5) is 0 Å². The van der Waals surface area contributed by atoms with Crippen molar-refractivity contribution in [3.05, 3.63) is 28.3 Å². The van der Waals surface area contributed by atoms with Gasteiger partial charge in [-0.2, -0.15) is 0 Å². The Hall–Kier alpha value is -0.770. The minimum Gasteiger partial charge on any atom is -0.495 e. The van der Waals surface area contributed by atoms with E-state index in [9.17, 15) is 0 Å². The van der Waals surface area contributed by atoms with Crippen LogP contribution < -0.4 is 10.5 Å². The maximum atomic E-state index is 6.33. The van der Waals surface area contributed by atoms with E-state index in [4.69, 9.17) is 22.1 Å². The maximum Gasteiger partial charge on any atom is 0.137 e. The van der Waals surface area contributed by atoms with Gasteiger partial charge in [0.2, 0.25) is 0 Å². The van der Waals surface area contributed by atoms with Crippen LogP contribution in [0.25, 0.3) is 0 Å². The van der Waals surface area contributed by atoms with E-state index in [1.807, 2.05) is 0 Å². The van der Waals surface area contributed by atoms with Gasteiger partial charge in [0, 0.05) is 12.6 Å². The summed E-state index contributed by atoms with van der Waals surface area (Å²) in [5.41, 5.74) is 8.48. The number of ether oxygens (including phenoxy) is 1. The van der Waals surface area contributed by atoms with Gasteiger partial charge in [-0.1, -0.05) is 25.4 Å². The number of likely N-dealkylation sites (tertiary alicyclic amines) is 1. The Bertz CT molecular complexity index is 476. The molecule has 2 N–H and O–H groups in total. The molecule has 4 heteroatoms. The Balaban J connectivity index is 2.42. The summed E-state index contributed by atoms with van der Waals surface area (Å²) in [4.78, 5) is 2.39. The van der Waals surface area contributed by atoms with Crippen LogP contribution in [0, 0.1) is 5.92 Å². The lowest BCUT2D eigenvalue weighted by Gasteiger charge is -2.25. The molecule has 1 fully saturated rings. The van der Waals surface area contributed by atoms with Gasteiger partial charge in [0.15, 0.2) is 0 Å². The standard InChI is InChI=1S/C16H25ClN2O/c1-10(2)12-7-16(20-4)14(17)6-13(12)15-5-11(8-18)9-19(15)3/h6-7,10-11,15H,5,8-9,18H2,1-4H3. The van der Waals surface area contributed by atoms with Crippen LogP contribution in [0.1, 0.15) is 43.4 Å². The van der Waals surface area contributed by atoms with Gasteiger partial charge in [-0.25, -0.2) is 0 Å². The minimum absolute atomic E-state index is 0.407. The molecular formula is C16H25ClN2O. The van der Waals surface area contributed by atoms with Crippen molar-refractivity contribution in [2.24, 2.45) is 11.7 Å². The third-order valence-corrected chi connectivity index (χ3v) is 4.60. The van der Waals surface area contributed by atoms with E-state index in [0.29, 0.717) is 22.9 Å². The normalized spacial score (nSPS) is 23.6. The van der Waals surface area contributed by atoms with Crippen LogP contribution in [0.15, 0.2) is 12.1 Å². The van der Waals surface area contributed by atoms with Crippen LogP contribution in [0.5, 0.6) is 5.75 Å². The van der Waals surface area contributed by atoms with Crippen molar-refractivity contribution < 1.29 is 4.74 Å². The van der Waals surface area contributed by atoms with E-state index in [0.717, 1.165) is 25.3 Å². The van der Waals surface area contributed by atoms with E-state index in [1.165, 1.54) is 11.1 Å². The number of nitrogens with two attached hydrogens (primary N) is 1. The number of hydrogen-bond acceptors (Lipinski definition) is 3. The first kappa shape index (κ1) is 15.6. The van der Waals surface area contributed by atoms with Crippen LogP contribution in [-0.4, -0.2) is 32.1 Å². The predicted molar refractivity (Wildman–Crippen MR) is 84.6 cm³/mol. The molecule has 0 spiro atoms. The molecule has 1 heterocycles. The molecule has 0 aliphatic carbocycles. The molecule has 1 aliphatic rings. The quantitative estimate of drug-likeness (QED) is 0.925. The summed E-state index contributed by atoms with van der Waals surface area (Å²) < 4.78 is 5.36. The second-order valence-electron chi connectivity index (χ2n) is 6.06. The average Bonchev–Trinajstić information content (AvgIpc) is 2.79. The molecule has 0 radical (unpaired) electrons. The summed E-state index contributed by atoms with van der Waals surface area (Å²) >= 11 is 6.33. The van der Waals surface area contributed by atoms with Crippen molar-refractivity contribution in [2.75, 3.05) is 27.2 Å². The summed E-state index contributed by atoms with van der Waals surface area (Å²) in [5.74, 6) is 1.78. The van der Waals surface area contributed by atoms with Crippen LogP contribution in [-0.2, 0) is 0 Å². The van der Waals surface area contributed by atoms with Crippen LogP contribution >= 0.6 is 11.6 Å². The van der Waals surface area contributed by atoms with E-state index in [1.54, 1.807) is 7.11 Å². The zero-order valence-electron chi connectivity index (χ0n) is 12.8. The van der Waals surface area contributed by atoms with Crippen molar-refractivity contribution in [3.63, 3.8) is 0 Å². The molecule has 112 valence electrons. The highest BCUT2D eigenvalue weighted by Crippen LogP contribution is 2.41. The topological polar surface area (TPSA) is 38.5 Å². The van der Waals surface area contributed by atoms with Crippen molar-refractivity contribution >= 4 is 11.6 Å².